The lowest BCUT2D eigenvalue weighted by atomic mass is 10.0. The molecule has 0 fully saturated rings. The van der Waals surface area contributed by atoms with Crippen molar-refractivity contribution < 1.29 is 4.42 Å². The summed E-state index contributed by atoms with van der Waals surface area (Å²) in [5, 5.41) is 11.6. The third kappa shape index (κ3) is 4.78. The largest absolute Gasteiger partial charge is 0.456 e. The summed E-state index contributed by atoms with van der Waals surface area (Å²) in [5.74, 6) is 1.83. The molecular weight excluding hydrogens is 685 g/mol. The van der Waals surface area contributed by atoms with Gasteiger partial charge in [0, 0.05) is 43.9 Å². The van der Waals surface area contributed by atoms with Gasteiger partial charge in [-0.15, -0.1) is 0 Å². The Morgan fingerprint density at radius 3 is 1.61 bits per heavy atom. The molecule has 0 atom stereocenters. The molecule has 5 heteroatoms. The van der Waals surface area contributed by atoms with E-state index in [9.17, 15) is 0 Å². The molecule has 0 unspecified atom stereocenters. The number of benzene rings is 9. The molecule has 0 radical (unpaired) electrons. The molecule has 0 amide bonds. The summed E-state index contributed by atoms with van der Waals surface area (Å²) >= 11 is 0. The van der Waals surface area contributed by atoms with Gasteiger partial charge in [0.25, 0.3) is 0 Å². The van der Waals surface area contributed by atoms with Gasteiger partial charge in [0.05, 0.1) is 11.0 Å². The van der Waals surface area contributed by atoms with E-state index in [-0.39, 0.29) is 0 Å². The molecule has 0 saturated carbocycles. The second-order valence-corrected chi connectivity index (χ2v) is 14.5. The van der Waals surface area contributed by atoms with Crippen LogP contribution in [0.5, 0.6) is 0 Å². The fourth-order valence-corrected chi connectivity index (χ4v) is 8.48. The Hall–Kier alpha value is -7.63. The van der Waals surface area contributed by atoms with E-state index in [2.05, 4.69) is 144 Å². The predicted molar refractivity (Wildman–Crippen MR) is 230 cm³/mol. The Morgan fingerprint density at radius 2 is 0.929 bits per heavy atom. The van der Waals surface area contributed by atoms with Crippen LogP contribution in [0.1, 0.15) is 0 Å². The van der Waals surface area contributed by atoms with Crippen molar-refractivity contribution in [3.63, 3.8) is 0 Å². The smallest absolute Gasteiger partial charge is 0.164 e. The molecule has 0 aliphatic heterocycles. The predicted octanol–water partition coefficient (Wildman–Crippen LogP) is 13.3. The van der Waals surface area contributed by atoms with Gasteiger partial charge in [0.1, 0.15) is 11.2 Å². The standard InChI is InChI=1S/C51H30N4O/c1-2-12-32(13-3-1)49-52-50(38-22-21-31-11-4-5-14-33(31)25-38)54-51(53-49)40-19-10-20-47-48(40)43-30-39(23-24-46(43)56-47)55-44-28-36-17-8-6-15-34(36)26-41(44)42-27-35-16-7-9-18-37(35)29-45(42)55/h1-30H. The van der Waals surface area contributed by atoms with Crippen LogP contribution < -0.4 is 0 Å². The van der Waals surface area contributed by atoms with Crippen LogP contribution in [0.3, 0.4) is 0 Å². The third-order valence-corrected chi connectivity index (χ3v) is 11.2. The first-order chi connectivity index (χ1) is 27.7. The summed E-state index contributed by atoms with van der Waals surface area (Å²) in [6.07, 6.45) is 0. The molecule has 0 N–H and O–H groups in total. The molecule has 12 rings (SSSR count). The Bertz CT molecular complexity index is 3450. The summed E-state index contributed by atoms with van der Waals surface area (Å²) in [6, 6.07) is 64.0. The van der Waals surface area contributed by atoms with Crippen molar-refractivity contribution in [3.8, 4) is 39.9 Å². The summed E-state index contributed by atoms with van der Waals surface area (Å²) in [6.45, 7) is 0. The summed E-state index contributed by atoms with van der Waals surface area (Å²) in [4.78, 5) is 15.4. The monoisotopic (exact) mass is 714 g/mol. The van der Waals surface area contributed by atoms with E-state index in [1.165, 1.54) is 37.7 Å². The normalized spacial score (nSPS) is 11.9. The molecule has 56 heavy (non-hydrogen) atoms. The minimum atomic E-state index is 0.593. The van der Waals surface area contributed by atoms with Crippen molar-refractivity contribution in [2.75, 3.05) is 0 Å². The minimum absolute atomic E-state index is 0.593. The Kier molecular flexibility index (Phi) is 6.56. The van der Waals surface area contributed by atoms with Crippen LogP contribution in [-0.2, 0) is 0 Å². The number of aromatic nitrogens is 4. The fraction of sp³-hybridized carbons (Fsp3) is 0. The first-order valence-corrected chi connectivity index (χ1v) is 18.8. The topological polar surface area (TPSA) is 56.7 Å². The van der Waals surface area contributed by atoms with E-state index in [0.29, 0.717) is 17.5 Å². The van der Waals surface area contributed by atoms with E-state index >= 15 is 0 Å². The average Bonchev–Trinajstić information content (AvgIpc) is 3.79. The van der Waals surface area contributed by atoms with E-state index in [1.54, 1.807) is 0 Å². The first kappa shape index (κ1) is 30.8. The fourth-order valence-electron chi connectivity index (χ4n) is 8.48. The summed E-state index contributed by atoms with van der Waals surface area (Å²) in [5.41, 5.74) is 7.70. The molecule has 5 nitrogen and oxygen atoms in total. The van der Waals surface area contributed by atoms with Gasteiger partial charge in [-0.1, -0.05) is 127 Å². The van der Waals surface area contributed by atoms with Gasteiger partial charge in [-0.25, -0.2) is 15.0 Å². The molecule has 0 aliphatic rings. The Balaban J connectivity index is 1.11. The molecule has 0 bridgehead atoms. The maximum absolute atomic E-state index is 6.57. The zero-order valence-corrected chi connectivity index (χ0v) is 30.0. The average molecular weight is 715 g/mol. The van der Waals surface area contributed by atoms with Gasteiger partial charge in [0.2, 0.25) is 0 Å². The Labute approximate surface area is 320 Å². The molecule has 0 aliphatic carbocycles. The zero-order valence-electron chi connectivity index (χ0n) is 30.0. The van der Waals surface area contributed by atoms with Crippen molar-refractivity contribution in [1.82, 2.24) is 19.5 Å². The van der Waals surface area contributed by atoms with E-state index < -0.39 is 0 Å². The van der Waals surface area contributed by atoms with Crippen LogP contribution >= 0.6 is 0 Å². The maximum atomic E-state index is 6.57. The van der Waals surface area contributed by atoms with Crippen molar-refractivity contribution in [2.45, 2.75) is 0 Å². The van der Waals surface area contributed by atoms with Crippen LogP contribution in [0, 0.1) is 0 Å². The van der Waals surface area contributed by atoms with Crippen molar-refractivity contribution >= 4 is 76.1 Å². The lowest BCUT2D eigenvalue weighted by Crippen LogP contribution is -2.00. The lowest BCUT2D eigenvalue weighted by molar-refractivity contribution is 0.669. The number of rotatable bonds is 4. The van der Waals surface area contributed by atoms with Crippen molar-refractivity contribution in [3.05, 3.63) is 182 Å². The van der Waals surface area contributed by atoms with Gasteiger partial charge in [-0.3, -0.25) is 0 Å². The van der Waals surface area contributed by atoms with Gasteiger partial charge in [-0.2, -0.15) is 0 Å². The third-order valence-electron chi connectivity index (χ3n) is 11.2. The molecule has 9 aromatic carbocycles. The molecular formula is C51H30N4O. The lowest BCUT2D eigenvalue weighted by Gasteiger charge is -2.11. The van der Waals surface area contributed by atoms with E-state index in [4.69, 9.17) is 19.4 Å². The second kappa shape index (κ2) is 11.9. The SMILES string of the molecule is c1ccc(-c2nc(-c3ccc4ccccc4c3)nc(-c3cccc4oc5ccc(-n6c7cc8ccccc8cc7c7cc8ccccc8cc76)cc5c34)n2)cc1. The molecule has 0 saturated heterocycles. The van der Waals surface area contributed by atoms with E-state index in [1.807, 2.05) is 42.5 Å². The molecule has 0 spiro atoms. The quantitative estimate of drug-likeness (QED) is 0.182. The van der Waals surface area contributed by atoms with Gasteiger partial charge in [0.15, 0.2) is 17.5 Å². The van der Waals surface area contributed by atoms with Crippen LogP contribution in [0.15, 0.2) is 186 Å². The van der Waals surface area contributed by atoms with Gasteiger partial charge in [-0.05, 0) is 86.9 Å². The zero-order chi connectivity index (χ0) is 36.7. The molecule has 3 heterocycles. The second-order valence-electron chi connectivity index (χ2n) is 14.5. The van der Waals surface area contributed by atoms with Crippen LogP contribution in [-0.4, -0.2) is 19.5 Å². The maximum Gasteiger partial charge on any atom is 0.164 e. The summed E-state index contributed by atoms with van der Waals surface area (Å²) < 4.78 is 8.98. The van der Waals surface area contributed by atoms with E-state index in [0.717, 1.165) is 60.7 Å². The highest BCUT2D eigenvalue weighted by molar-refractivity contribution is 6.17. The first-order valence-electron chi connectivity index (χ1n) is 18.8. The highest BCUT2D eigenvalue weighted by atomic mass is 16.3. The highest BCUT2D eigenvalue weighted by Crippen LogP contribution is 2.41. The number of fused-ring (bicyclic) bond motifs is 9. The molecule has 3 aromatic heterocycles. The number of nitrogens with zero attached hydrogens (tertiary/aromatic N) is 4. The van der Waals surface area contributed by atoms with Crippen LogP contribution in [0.2, 0.25) is 0 Å². The number of hydrogen-bond acceptors (Lipinski definition) is 4. The number of furan rings is 1. The highest BCUT2D eigenvalue weighted by Gasteiger charge is 2.20. The minimum Gasteiger partial charge on any atom is -0.456 e. The van der Waals surface area contributed by atoms with Crippen molar-refractivity contribution in [2.24, 2.45) is 0 Å². The van der Waals surface area contributed by atoms with Gasteiger partial charge >= 0.3 is 0 Å². The van der Waals surface area contributed by atoms with Gasteiger partial charge < -0.3 is 8.98 Å². The summed E-state index contributed by atoms with van der Waals surface area (Å²) in [7, 11) is 0. The van der Waals surface area contributed by atoms with Crippen LogP contribution in [0.4, 0.5) is 0 Å². The molecule has 12 aromatic rings. The molecule has 260 valence electrons. The van der Waals surface area contributed by atoms with Crippen LogP contribution in [0.25, 0.3) is 116 Å². The number of hydrogen-bond donors (Lipinski definition) is 0. The Morgan fingerprint density at radius 1 is 0.357 bits per heavy atom. The van der Waals surface area contributed by atoms with Crippen molar-refractivity contribution in [1.29, 1.82) is 0 Å².